The number of halogens is 1. The molecule has 1 aromatic carbocycles. The lowest BCUT2D eigenvalue weighted by molar-refractivity contribution is 0.640. The summed E-state index contributed by atoms with van der Waals surface area (Å²) in [5.74, 6) is 0.0580. The molecule has 0 aliphatic rings. The Morgan fingerprint density at radius 3 is 2.94 bits per heavy atom. The maximum Gasteiger partial charge on any atom is 0.197 e. The van der Waals surface area contributed by atoms with Crippen LogP contribution in [0, 0.1) is 5.82 Å². The van der Waals surface area contributed by atoms with E-state index < -0.39 is 0 Å². The highest BCUT2D eigenvalue weighted by atomic mass is 19.1. The Kier molecular flexibility index (Phi) is 1.73. The minimum Gasteiger partial charge on any atom is -0.369 e. The molecule has 0 fully saturated rings. The van der Waals surface area contributed by atoms with E-state index in [0.717, 1.165) is 11.1 Å². The molecular weight excluding hydrogens is 207 g/mol. The molecular formula is C11H9FN4. The number of imidazole rings is 1. The Balaban J connectivity index is 2.32. The Labute approximate surface area is 90.3 Å². The van der Waals surface area contributed by atoms with Gasteiger partial charge < -0.3 is 15.7 Å². The van der Waals surface area contributed by atoms with Crippen LogP contribution in [0.2, 0.25) is 0 Å². The summed E-state index contributed by atoms with van der Waals surface area (Å²) in [6.45, 7) is 0. The third-order valence-electron chi connectivity index (χ3n) is 2.54. The van der Waals surface area contributed by atoms with Gasteiger partial charge >= 0.3 is 0 Å². The van der Waals surface area contributed by atoms with Crippen molar-refractivity contribution in [3.8, 4) is 11.3 Å². The number of anilines is 1. The van der Waals surface area contributed by atoms with Gasteiger partial charge in [-0.3, -0.25) is 0 Å². The van der Waals surface area contributed by atoms with E-state index in [1.165, 1.54) is 6.07 Å². The molecule has 5 heteroatoms. The summed E-state index contributed by atoms with van der Waals surface area (Å²) in [5.41, 5.74) is 7.69. The van der Waals surface area contributed by atoms with Crippen molar-refractivity contribution < 1.29 is 4.39 Å². The highest BCUT2D eigenvalue weighted by Gasteiger charge is 2.11. The fraction of sp³-hybridized carbons (Fsp3) is 0. The number of fused-ring (bicyclic) bond motifs is 1. The predicted molar refractivity (Wildman–Crippen MR) is 60.3 cm³/mol. The summed E-state index contributed by atoms with van der Waals surface area (Å²) in [4.78, 5) is 9.78. The third kappa shape index (κ3) is 1.18. The van der Waals surface area contributed by atoms with E-state index in [9.17, 15) is 4.39 Å². The summed E-state index contributed by atoms with van der Waals surface area (Å²) in [6, 6.07) is 4.92. The van der Waals surface area contributed by atoms with Crippen molar-refractivity contribution in [2.24, 2.45) is 0 Å². The summed E-state index contributed by atoms with van der Waals surface area (Å²) in [5, 5.41) is 0.547. The number of hydrogen-bond donors (Lipinski definition) is 3. The summed E-state index contributed by atoms with van der Waals surface area (Å²) in [6.07, 6.45) is 3.32. The number of hydrogen-bond acceptors (Lipinski definition) is 2. The molecule has 4 N–H and O–H groups in total. The number of nitrogens with zero attached hydrogens (tertiary/aromatic N) is 1. The zero-order valence-electron chi connectivity index (χ0n) is 8.29. The zero-order valence-corrected chi connectivity index (χ0v) is 8.29. The molecule has 0 spiro atoms. The highest BCUT2D eigenvalue weighted by molar-refractivity contribution is 5.95. The van der Waals surface area contributed by atoms with E-state index in [1.54, 1.807) is 18.5 Å². The number of nitrogens with two attached hydrogens (primary N) is 1. The molecule has 0 unspecified atom stereocenters. The molecule has 4 nitrogen and oxygen atoms in total. The topological polar surface area (TPSA) is 70.5 Å². The SMILES string of the molecule is Nc1ncc(-c2c[nH]c3cccc(F)c23)[nH]1. The first kappa shape index (κ1) is 8.96. The molecule has 80 valence electrons. The molecule has 0 bridgehead atoms. The van der Waals surface area contributed by atoms with Crippen LogP contribution in [-0.2, 0) is 0 Å². The molecule has 0 radical (unpaired) electrons. The Morgan fingerprint density at radius 2 is 2.19 bits per heavy atom. The van der Waals surface area contributed by atoms with Crippen molar-refractivity contribution in [3.63, 3.8) is 0 Å². The van der Waals surface area contributed by atoms with Crippen LogP contribution in [0.15, 0.2) is 30.6 Å². The maximum absolute atomic E-state index is 13.7. The average Bonchev–Trinajstić information content (AvgIpc) is 2.84. The first-order valence-corrected chi connectivity index (χ1v) is 4.82. The van der Waals surface area contributed by atoms with Gasteiger partial charge in [-0.15, -0.1) is 0 Å². The van der Waals surface area contributed by atoms with Crippen molar-refractivity contribution in [2.45, 2.75) is 0 Å². The fourth-order valence-electron chi connectivity index (χ4n) is 1.83. The standard InChI is InChI=1S/C11H9FN4/c12-7-2-1-3-8-10(7)6(4-14-8)9-5-15-11(13)16-9/h1-5,14H,(H3,13,15,16). The van der Waals surface area contributed by atoms with E-state index in [2.05, 4.69) is 15.0 Å². The van der Waals surface area contributed by atoms with Gasteiger partial charge in [0.2, 0.25) is 0 Å². The van der Waals surface area contributed by atoms with Gasteiger partial charge in [-0.1, -0.05) is 6.07 Å². The molecule has 16 heavy (non-hydrogen) atoms. The van der Waals surface area contributed by atoms with Crippen LogP contribution in [-0.4, -0.2) is 15.0 Å². The molecule has 0 aliphatic carbocycles. The fourth-order valence-corrected chi connectivity index (χ4v) is 1.83. The van der Waals surface area contributed by atoms with E-state index in [0.29, 0.717) is 17.0 Å². The lowest BCUT2D eigenvalue weighted by Crippen LogP contribution is -1.85. The number of aromatic nitrogens is 3. The van der Waals surface area contributed by atoms with Crippen LogP contribution in [0.5, 0.6) is 0 Å². The van der Waals surface area contributed by atoms with Gasteiger partial charge in [-0.2, -0.15) is 0 Å². The van der Waals surface area contributed by atoms with Crippen molar-refractivity contribution in [1.29, 1.82) is 0 Å². The quantitative estimate of drug-likeness (QED) is 0.584. The third-order valence-corrected chi connectivity index (χ3v) is 2.54. The van der Waals surface area contributed by atoms with E-state index >= 15 is 0 Å². The molecule has 0 saturated heterocycles. The number of aromatic amines is 2. The van der Waals surface area contributed by atoms with E-state index in [1.807, 2.05) is 6.07 Å². The minimum atomic E-state index is -0.262. The van der Waals surface area contributed by atoms with E-state index in [4.69, 9.17) is 5.73 Å². The van der Waals surface area contributed by atoms with Gasteiger partial charge in [-0.05, 0) is 12.1 Å². The monoisotopic (exact) mass is 216 g/mol. The van der Waals surface area contributed by atoms with Crippen LogP contribution in [0.3, 0.4) is 0 Å². The number of H-pyrrole nitrogens is 2. The van der Waals surface area contributed by atoms with Gasteiger partial charge in [0.25, 0.3) is 0 Å². The molecule has 2 aromatic heterocycles. The van der Waals surface area contributed by atoms with Crippen molar-refractivity contribution in [3.05, 3.63) is 36.4 Å². The molecule has 3 rings (SSSR count). The second-order valence-electron chi connectivity index (χ2n) is 3.55. The summed E-state index contributed by atoms with van der Waals surface area (Å²) < 4.78 is 13.7. The predicted octanol–water partition coefficient (Wildman–Crippen LogP) is 2.28. The normalized spacial score (nSPS) is 11.1. The average molecular weight is 216 g/mol. The zero-order chi connectivity index (χ0) is 11.1. The second kappa shape index (κ2) is 3.10. The summed E-state index contributed by atoms with van der Waals surface area (Å²) >= 11 is 0. The molecule has 0 amide bonds. The number of nitrogen functional groups attached to an aromatic ring is 1. The van der Waals surface area contributed by atoms with Gasteiger partial charge in [0.15, 0.2) is 5.95 Å². The lowest BCUT2D eigenvalue weighted by atomic mass is 10.1. The van der Waals surface area contributed by atoms with Crippen LogP contribution < -0.4 is 5.73 Å². The van der Waals surface area contributed by atoms with Gasteiger partial charge in [0.05, 0.1) is 11.9 Å². The smallest absolute Gasteiger partial charge is 0.197 e. The maximum atomic E-state index is 13.7. The first-order chi connectivity index (χ1) is 7.75. The Morgan fingerprint density at radius 1 is 1.31 bits per heavy atom. The van der Waals surface area contributed by atoms with Crippen molar-refractivity contribution in [1.82, 2.24) is 15.0 Å². The summed E-state index contributed by atoms with van der Waals surface area (Å²) in [7, 11) is 0. The second-order valence-corrected chi connectivity index (χ2v) is 3.55. The van der Waals surface area contributed by atoms with Crippen LogP contribution in [0.1, 0.15) is 0 Å². The number of rotatable bonds is 1. The number of nitrogens with one attached hydrogen (secondary N) is 2. The van der Waals surface area contributed by atoms with Crippen LogP contribution >= 0.6 is 0 Å². The Bertz CT molecular complexity index is 653. The lowest BCUT2D eigenvalue weighted by Gasteiger charge is -1.96. The highest BCUT2D eigenvalue weighted by Crippen LogP contribution is 2.29. The minimum absolute atomic E-state index is 0.262. The molecule has 0 aliphatic heterocycles. The molecule has 3 aromatic rings. The molecule has 0 atom stereocenters. The largest absolute Gasteiger partial charge is 0.369 e. The van der Waals surface area contributed by atoms with Gasteiger partial charge in [0, 0.05) is 22.7 Å². The Hall–Kier alpha value is -2.30. The van der Waals surface area contributed by atoms with Crippen LogP contribution in [0.25, 0.3) is 22.2 Å². The van der Waals surface area contributed by atoms with Gasteiger partial charge in [-0.25, -0.2) is 9.37 Å². The first-order valence-electron chi connectivity index (χ1n) is 4.82. The molecule has 2 heterocycles. The number of benzene rings is 1. The molecule has 0 saturated carbocycles. The van der Waals surface area contributed by atoms with Crippen molar-refractivity contribution in [2.75, 3.05) is 5.73 Å². The van der Waals surface area contributed by atoms with E-state index in [-0.39, 0.29) is 5.82 Å². The van der Waals surface area contributed by atoms with Crippen molar-refractivity contribution >= 4 is 16.9 Å². The van der Waals surface area contributed by atoms with Crippen LogP contribution in [0.4, 0.5) is 10.3 Å². The van der Waals surface area contributed by atoms with Gasteiger partial charge in [0.1, 0.15) is 5.82 Å².